The Hall–Kier alpha value is -4.66. The van der Waals surface area contributed by atoms with Crippen LogP contribution in [0.5, 0.6) is 5.88 Å². The Labute approximate surface area is 306 Å². The zero-order chi connectivity index (χ0) is 36.5. The van der Waals surface area contributed by atoms with Gasteiger partial charge in [0.25, 0.3) is 0 Å². The van der Waals surface area contributed by atoms with Crippen molar-refractivity contribution in [2.75, 3.05) is 33.2 Å². The molecule has 4 aliphatic heterocycles. The van der Waals surface area contributed by atoms with Crippen LogP contribution >= 0.6 is 0 Å². The standard InChI is InChI=1S/C42H43F3N6O2/c1-23(35-10-5-14-49(35)2)53-42-31-20-27(11-12-36(52)50-15-6-16-50)51(40-26-19-34(40)47-22-26)41(31)30-17-25(8-4-13-46)37(38(45)39(30)48-42)28-9-3-7-24-18-32(43)33(44)21-29(24)28/h3,7,9,17-18,20-21,23,26,34-35,40,47H,4-6,8,10-12,14-16,19,22H2,1-2H3/t23?,26-,34-,35+,40+/m1/s1. The number of aromatic nitrogens is 2. The number of carbonyl (C=O) groups excluding carboxylic acids is 1. The maximum Gasteiger partial charge on any atom is 0.223 e. The van der Waals surface area contributed by atoms with Crippen molar-refractivity contribution >= 4 is 38.5 Å². The fourth-order valence-corrected chi connectivity index (χ4v) is 9.53. The minimum atomic E-state index is -1.02. The highest BCUT2D eigenvalue weighted by molar-refractivity contribution is 6.10. The third-order valence-electron chi connectivity index (χ3n) is 12.4. The normalized spacial score (nSPS) is 23.1. The molecule has 1 N–H and O–H groups in total. The van der Waals surface area contributed by atoms with E-state index in [4.69, 9.17) is 9.72 Å². The number of benzene rings is 3. The molecule has 5 aliphatic rings. The summed E-state index contributed by atoms with van der Waals surface area (Å²) >= 11 is 0. The number of rotatable bonds is 10. The second kappa shape index (κ2) is 13.3. The van der Waals surface area contributed by atoms with E-state index in [2.05, 4.69) is 34.0 Å². The molecule has 10 rings (SSSR count). The Morgan fingerprint density at radius 3 is 2.58 bits per heavy atom. The molecule has 1 saturated carbocycles. The molecule has 11 heteroatoms. The molecule has 5 atom stereocenters. The van der Waals surface area contributed by atoms with Gasteiger partial charge in [-0.15, -0.1) is 0 Å². The number of aryl methyl sites for hydroxylation is 2. The highest BCUT2D eigenvalue weighted by Crippen LogP contribution is 2.49. The molecule has 5 fully saturated rings. The number of likely N-dealkylation sites (tertiary alicyclic amines) is 2. The molecule has 6 heterocycles. The van der Waals surface area contributed by atoms with Gasteiger partial charge in [0.2, 0.25) is 11.8 Å². The average molecular weight is 721 g/mol. The summed E-state index contributed by atoms with van der Waals surface area (Å²) in [5, 5.41) is 15.5. The average Bonchev–Trinajstić information content (AvgIpc) is 3.92. The summed E-state index contributed by atoms with van der Waals surface area (Å²) in [6.07, 6.45) is 5.19. The van der Waals surface area contributed by atoms with Crippen LogP contribution in [-0.2, 0) is 17.6 Å². The van der Waals surface area contributed by atoms with E-state index in [1.54, 1.807) is 18.2 Å². The van der Waals surface area contributed by atoms with Crippen molar-refractivity contribution in [3.8, 4) is 23.1 Å². The smallest absolute Gasteiger partial charge is 0.223 e. The van der Waals surface area contributed by atoms with Crippen molar-refractivity contribution in [2.24, 2.45) is 5.92 Å². The number of nitrogens with one attached hydrogen (secondary N) is 1. The zero-order valence-corrected chi connectivity index (χ0v) is 30.1. The number of hydrogen-bond donors (Lipinski definition) is 1. The summed E-state index contributed by atoms with van der Waals surface area (Å²) in [4.78, 5) is 22.4. The van der Waals surface area contributed by atoms with E-state index in [1.807, 2.05) is 17.9 Å². The van der Waals surface area contributed by atoms with E-state index in [0.29, 0.717) is 51.9 Å². The van der Waals surface area contributed by atoms with E-state index in [1.165, 1.54) is 0 Å². The third-order valence-corrected chi connectivity index (χ3v) is 12.4. The fourth-order valence-electron chi connectivity index (χ4n) is 9.53. The predicted octanol–water partition coefficient (Wildman–Crippen LogP) is 7.44. The number of carbonyl (C=O) groups is 1. The molecule has 5 aromatic rings. The molecule has 2 aromatic heterocycles. The number of nitriles is 1. The molecule has 1 unspecified atom stereocenters. The quantitative estimate of drug-likeness (QED) is 0.162. The number of ether oxygens (including phenoxy) is 1. The van der Waals surface area contributed by atoms with Crippen LogP contribution in [0.4, 0.5) is 13.2 Å². The molecule has 1 amide bonds. The summed E-state index contributed by atoms with van der Waals surface area (Å²) in [6, 6.07) is 14.1. The van der Waals surface area contributed by atoms with Gasteiger partial charge in [-0.1, -0.05) is 18.2 Å². The topological polar surface area (TPSA) is 86.4 Å². The maximum atomic E-state index is 17.7. The van der Waals surface area contributed by atoms with E-state index in [9.17, 15) is 18.8 Å². The summed E-state index contributed by atoms with van der Waals surface area (Å²) in [7, 11) is 2.09. The molecular formula is C42H43F3N6O2. The zero-order valence-electron chi connectivity index (χ0n) is 30.1. The molecule has 2 bridgehead atoms. The van der Waals surface area contributed by atoms with Crippen LogP contribution in [0.2, 0.25) is 0 Å². The molecule has 3 aromatic carbocycles. The first kappa shape index (κ1) is 34.1. The van der Waals surface area contributed by atoms with Crippen molar-refractivity contribution in [2.45, 2.75) is 82.5 Å². The molecule has 1 aliphatic carbocycles. The van der Waals surface area contributed by atoms with Crippen LogP contribution in [0.1, 0.15) is 62.7 Å². The molecule has 0 radical (unpaired) electrons. The molecule has 8 nitrogen and oxygen atoms in total. The third kappa shape index (κ3) is 5.64. The number of halogens is 3. The number of pyridine rings is 1. The van der Waals surface area contributed by atoms with Crippen LogP contribution in [0, 0.1) is 34.7 Å². The lowest BCUT2D eigenvalue weighted by molar-refractivity contribution is -0.134. The van der Waals surface area contributed by atoms with Gasteiger partial charge >= 0.3 is 0 Å². The van der Waals surface area contributed by atoms with Gasteiger partial charge in [-0.25, -0.2) is 18.2 Å². The summed E-state index contributed by atoms with van der Waals surface area (Å²) in [6.45, 7) is 5.50. The first-order valence-corrected chi connectivity index (χ1v) is 19.0. The second-order valence-electron chi connectivity index (χ2n) is 15.5. The highest BCUT2D eigenvalue weighted by Gasteiger charge is 2.49. The molecule has 0 spiro atoms. The summed E-state index contributed by atoms with van der Waals surface area (Å²) < 4.78 is 55.9. The van der Waals surface area contributed by atoms with Crippen LogP contribution in [0.25, 0.3) is 43.7 Å². The van der Waals surface area contributed by atoms with Crippen LogP contribution in [-0.4, -0.2) is 76.7 Å². The molecule has 4 saturated heterocycles. The summed E-state index contributed by atoms with van der Waals surface area (Å²) in [5.41, 5.74) is 3.15. The van der Waals surface area contributed by atoms with Gasteiger partial charge in [-0.3, -0.25) is 9.69 Å². The van der Waals surface area contributed by atoms with Gasteiger partial charge in [0.1, 0.15) is 11.6 Å². The number of likely N-dealkylation sites (N-methyl/N-ethyl adjacent to an activating group) is 1. The van der Waals surface area contributed by atoms with Crippen LogP contribution in [0.15, 0.2) is 42.5 Å². The predicted molar refractivity (Wildman–Crippen MR) is 198 cm³/mol. The SMILES string of the molecule is CC(Oc1nc2c(F)c(-c3cccc4cc(F)c(F)cc34)c(CCC#N)cc2c2c1cc(CCC(=O)N1CCC1)n2[C@H]1[C@H]2CN[C@@H]1C2)[C@@H]1CCCN1C. The van der Waals surface area contributed by atoms with Gasteiger partial charge in [-0.2, -0.15) is 5.26 Å². The Balaban J connectivity index is 1.30. The first-order chi connectivity index (χ1) is 25.7. The van der Waals surface area contributed by atoms with Crippen LogP contribution in [0.3, 0.4) is 0 Å². The number of hydrogen-bond acceptors (Lipinski definition) is 6. The minimum absolute atomic E-state index is 0.122. The van der Waals surface area contributed by atoms with E-state index in [-0.39, 0.29) is 54.1 Å². The molecule has 53 heavy (non-hydrogen) atoms. The van der Waals surface area contributed by atoms with Crippen LogP contribution < -0.4 is 10.1 Å². The lowest BCUT2D eigenvalue weighted by Crippen LogP contribution is -2.42. The number of nitrogens with zero attached hydrogens (tertiary/aromatic N) is 5. The van der Waals surface area contributed by atoms with Gasteiger partial charge in [-0.05, 0) is 111 Å². The Morgan fingerprint density at radius 1 is 1.06 bits per heavy atom. The Kier molecular flexibility index (Phi) is 8.58. The highest BCUT2D eigenvalue weighted by atomic mass is 19.2. The fraction of sp³-hybridized carbons (Fsp3) is 0.452. The van der Waals surface area contributed by atoms with E-state index >= 15 is 4.39 Å². The monoisotopic (exact) mass is 720 g/mol. The van der Waals surface area contributed by atoms with Crippen molar-refractivity contribution in [1.82, 2.24) is 24.7 Å². The Morgan fingerprint density at radius 2 is 1.89 bits per heavy atom. The second-order valence-corrected chi connectivity index (χ2v) is 15.5. The molecular weight excluding hydrogens is 677 g/mol. The lowest BCUT2D eigenvalue weighted by atomic mass is 9.79. The molecule has 274 valence electrons. The van der Waals surface area contributed by atoms with Gasteiger partial charge in [0, 0.05) is 61.2 Å². The largest absolute Gasteiger partial charge is 0.472 e. The maximum absolute atomic E-state index is 17.7. The van der Waals surface area contributed by atoms with Gasteiger partial charge in [0.15, 0.2) is 17.5 Å². The van der Waals surface area contributed by atoms with Crippen molar-refractivity contribution in [1.29, 1.82) is 5.26 Å². The summed E-state index contributed by atoms with van der Waals surface area (Å²) in [5.74, 6) is -1.72. The van der Waals surface area contributed by atoms with Crippen molar-refractivity contribution < 1.29 is 22.7 Å². The van der Waals surface area contributed by atoms with Crippen molar-refractivity contribution in [3.63, 3.8) is 0 Å². The van der Waals surface area contributed by atoms with E-state index < -0.39 is 17.5 Å². The van der Waals surface area contributed by atoms with Gasteiger partial charge in [0.05, 0.1) is 23.0 Å². The van der Waals surface area contributed by atoms with E-state index in [0.717, 1.165) is 80.6 Å². The van der Waals surface area contributed by atoms with Gasteiger partial charge < -0.3 is 19.5 Å². The Bertz CT molecular complexity index is 2320. The minimum Gasteiger partial charge on any atom is -0.472 e. The first-order valence-electron chi connectivity index (χ1n) is 19.0. The number of amides is 1. The lowest BCUT2D eigenvalue weighted by Gasteiger charge is -2.38. The van der Waals surface area contributed by atoms with Crippen molar-refractivity contribution in [3.05, 3.63) is 71.2 Å². The number of fused-ring (bicyclic) bond motifs is 5.